The number of carbonyl (C=O) groups is 2. The fraction of sp³-hybridized carbons (Fsp3) is 0.190. The minimum atomic E-state index is -0.642. The predicted molar refractivity (Wildman–Crippen MR) is 102 cm³/mol. The Kier molecular flexibility index (Phi) is 5.66. The first-order valence-corrected chi connectivity index (χ1v) is 8.63. The smallest absolute Gasteiger partial charge is 0.326 e. The van der Waals surface area contributed by atoms with Crippen molar-refractivity contribution in [3.05, 3.63) is 82.8 Å². The number of pyridine rings is 1. The molecule has 6 nitrogen and oxygen atoms in total. The van der Waals surface area contributed by atoms with Crippen molar-refractivity contribution in [2.45, 2.75) is 19.5 Å². The van der Waals surface area contributed by atoms with Crippen LogP contribution in [0.25, 0.3) is 10.8 Å². The summed E-state index contributed by atoms with van der Waals surface area (Å²) in [6.07, 6.45) is 1.49. The van der Waals surface area contributed by atoms with Gasteiger partial charge in [-0.25, -0.2) is 0 Å². The zero-order valence-electron chi connectivity index (χ0n) is 14.9. The lowest BCUT2D eigenvalue weighted by atomic mass is 10.00. The molecule has 1 N–H and O–H groups in total. The maximum atomic E-state index is 12.1. The Bertz CT molecular complexity index is 1020. The maximum Gasteiger partial charge on any atom is 0.326 e. The van der Waals surface area contributed by atoms with E-state index in [1.165, 1.54) is 16.8 Å². The number of nitrogens with zero attached hydrogens (tertiary/aromatic N) is 1. The van der Waals surface area contributed by atoms with E-state index in [-0.39, 0.29) is 18.1 Å². The van der Waals surface area contributed by atoms with Gasteiger partial charge in [0.25, 0.3) is 11.5 Å². The van der Waals surface area contributed by atoms with Gasteiger partial charge in [0.05, 0.1) is 6.04 Å². The Morgan fingerprint density at radius 3 is 2.59 bits per heavy atom. The largest absolute Gasteiger partial charge is 0.454 e. The molecule has 3 rings (SSSR count). The minimum Gasteiger partial charge on any atom is -0.454 e. The third-order valence-electron chi connectivity index (χ3n) is 4.23. The van der Waals surface area contributed by atoms with Gasteiger partial charge in [-0.3, -0.25) is 14.4 Å². The van der Waals surface area contributed by atoms with Crippen LogP contribution in [0.1, 0.15) is 18.5 Å². The van der Waals surface area contributed by atoms with Gasteiger partial charge in [0.15, 0.2) is 6.61 Å². The molecule has 0 radical (unpaired) electrons. The third-order valence-corrected chi connectivity index (χ3v) is 4.23. The first-order chi connectivity index (χ1) is 13.0. The molecule has 3 aromatic rings. The molecule has 0 saturated heterocycles. The van der Waals surface area contributed by atoms with Gasteiger partial charge in [0.1, 0.15) is 6.54 Å². The second-order valence-electron chi connectivity index (χ2n) is 6.19. The number of carbonyl (C=O) groups excluding carboxylic acids is 2. The molecule has 1 heterocycles. The number of rotatable bonds is 6. The number of ether oxygens (including phenoxy) is 1. The number of esters is 1. The average Bonchev–Trinajstić information content (AvgIpc) is 2.67. The monoisotopic (exact) mass is 364 g/mol. The summed E-state index contributed by atoms with van der Waals surface area (Å²) in [5.74, 6) is -1.04. The summed E-state index contributed by atoms with van der Waals surface area (Å²) in [6.45, 7) is 1.26. The lowest BCUT2D eigenvalue weighted by Crippen LogP contribution is -2.32. The second-order valence-corrected chi connectivity index (χ2v) is 6.19. The van der Waals surface area contributed by atoms with E-state index < -0.39 is 18.5 Å². The van der Waals surface area contributed by atoms with Gasteiger partial charge < -0.3 is 14.6 Å². The van der Waals surface area contributed by atoms with Crippen LogP contribution in [0.4, 0.5) is 0 Å². The fourth-order valence-corrected chi connectivity index (χ4v) is 2.91. The van der Waals surface area contributed by atoms with Gasteiger partial charge in [-0.2, -0.15) is 0 Å². The number of amides is 1. The Morgan fingerprint density at radius 2 is 1.78 bits per heavy atom. The molecule has 6 heteroatoms. The summed E-state index contributed by atoms with van der Waals surface area (Å²) in [5, 5.41) is 4.99. The lowest BCUT2D eigenvalue weighted by molar-refractivity contribution is -0.149. The van der Waals surface area contributed by atoms with Gasteiger partial charge in [0, 0.05) is 12.3 Å². The summed E-state index contributed by atoms with van der Waals surface area (Å²) in [7, 11) is 0. The van der Waals surface area contributed by atoms with Crippen molar-refractivity contribution in [3.63, 3.8) is 0 Å². The van der Waals surface area contributed by atoms with E-state index in [4.69, 9.17) is 4.74 Å². The molecule has 0 spiro atoms. The lowest BCUT2D eigenvalue weighted by Gasteiger charge is -2.16. The van der Waals surface area contributed by atoms with Crippen LogP contribution in [-0.4, -0.2) is 23.1 Å². The van der Waals surface area contributed by atoms with Crippen LogP contribution in [-0.2, 0) is 20.9 Å². The molecule has 2 aromatic carbocycles. The number of nitrogens with one attached hydrogen (secondary N) is 1. The van der Waals surface area contributed by atoms with Crippen LogP contribution >= 0.6 is 0 Å². The summed E-state index contributed by atoms with van der Waals surface area (Å²) >= 11 is 0. The first kappa shape index (κ1) is 18.4. The molecule has 0 fully saturated rings. The van der Waals surface area contributed by atoms with Crippen molar-refractivity contribution in [2.24, 2.45) is 0 Å². The maximum absolute atomic E-state index is 12.1. The molecule has 1 atom stereocenters. The molecule has 0 saturated carbocycles. The van der Waals surface area contributed by atoms with Gasteiger partial charge in [0.2, 0.25) is 0 Å². The van der Waals surface area contributed by atoms with Gasteiger partial charge in [-0.1, -0.05) is 48.5 Å². The van der Waals surface area contributed by atoms with E-state index in [0.29, 0.717) is 0 Å². The molecule has 0 unspecified atom stereocenters. The third kappa shape index (κ3) is 4.61. The number of fused-ring (bicyclic) bond motifs is 1. The number of hydrogen-bond acceptors (Lipinski definition) is 4. The van der Waals surface area contributed by atoms with E-state index in [1.807, 2.05) is 49.4 Å². The van der Waals surface area contributed by atoms with E-state index in [0.717, 1.165) is 16.3 Å². The molecule has 0 aliphatic rings. The van der Waals surface area contributed by atoms with Crippen molar-refractivity contribution in [3.8, 4) is 0 Å². The molecule has 1 amide bonds. The number of hydrogen-bond donors (Lipinski definition) is 1. The molecule has 1 aromatic heterocycles. The van der Waals surface area contributed by atoms with Gasteiger partial charge in [-0.05, 0) is 29.3 Å². The van der Waals surface area contributed by atoms with Gasteiger partial charge in [-0.15, -0.1) is 0 Å². The SMILES string of the molecule is C[C@H](NC(=O)COC(=O)Cn1ccccc1=O)c1cccc2ccccc12. The zero-order valence-corrected chi connectivity index (χ0v) is 14.9. The van der Waals surface area contributed by atoms with Crippen molar-refractivity contribution >= 4 is 22.6 Å². The van der Waals surface area contributed by atoms with Crippen molar-refractivity contribution < 1.29 is 14.3 Å². The molecule has 27 heavy (non-hydrogen) atoms. The normalized spacial score (nSPS) is 11.7. The van der Waals surface area contributed by atoms with Crippen LogP contribution < -0.4 is 10.9 Å². The minimum absolute atomic E-state index is 0.230. The van der Waals surface area contributed by atoms with Crippen LogP contribution in [0.2, 0.25) is 0 Å². The highest BCUT2D eigenvalue weighted by atomic mass is 16.5. The van der Waals surface area contributed by atoms with E-state index in [9.17, 15) is 14.4 Å². The first-order valence-electron chi connectivity index (χ1n) is 8.63. The zero-order chi connectivity index (χ0) is 19.2. The summed E-state index contributed by atoms with van der Waals surface area (Å²) in [4.78, 5) is 35.5. The van der Waals surface area contributed by atoms with E-state index >= 15 is 0 Å². The average molecular weight is 364 g/mol. The molecular weight excluding hydrogens is 344 g/mol. The fourth-order valence-electron chi connectivity index (χ4n) is 2.91. The standard InChI is InChI=1S/C21H20N2O4/c1-15(17-10-6-8-16-7-2-3-9-18(16)17)22-19(24)14-27-21(26)13-23-12-5-4-11-20(23)25/h2-12,15H,13-14H2,1H3,(H,22,24)/t15-/m0/s1. The van der Waals surface area contributed by atoms with Crippen LogP contribution in [0.5, 0.6) is 0 Å². The highest BCUT2D eigenvalue weighted by Crippen LogP contribution is 2.23. The number of benzene rings is 2. The molecule has 138 valence electrons. The van der Waals surface area contributed by atoms with E-state index in [2.05, 4.69) is 5.32 Å². The quantitative estimate of drug-likeness (QED) is 0.682. The summed E-state index contributed by atoms with van der Waals surface area (Å²) in [5.41, 5.74) is 0.687. The van der Waals surface area contributed by atoms with Crippen LogP contribution in [0.15, 0.2) is 71.7 Å². The highest BCUT2D eigenvalue weighted by Gasteiger charge is 2.14. The Labute approximate surface area is 156 Å². The van der Waals surface area contributed by atoms with Crippen molar-refractivity contribution in [2.75, 3.05) is 6.61 Å². The van der Waals surface area contributed by atoms with Crippen LogP contribution in [0, 0.1) is 0 Å². The Morgan fingerprint density at radius 1 is 1.04 bits per heavy atom. The second kappa shape index (κ2) is 8.31. The molecule has 0 aliphatic heterocycles. The topological polar surface area (TPSA) is 77.4 Å². The van der Waals surface area contributed by atoms with Crippen molar-refractivity contribution in [1.82, 2.24) is 9.88 Å². The van der Waals surface area contributed by atoms with Crippen LogP contribution in [0.3, 0.4) is 0 Å². The summed E-state index contributed by atoms with van der Waals surface area (Å²) in [6, 6.07) is 18.2. The van der Waals surface area contributed by atoms with Gasteiger partial charge >= 0.3 is 5.97 Å². The van der Waals surface area contributed by atoms with E-state index in [1.54, 1.807) is 12.1 Å². The number of aromatic nitrogens is 1. The Balaban J connectivity index is 1.56. The molecule has 0 aliphatic carbocycles. The molecule has 0 bridgehead atoms. The summed E-state index contributed by atoms with van der Waals surface area (Å²) < 4.78 is 6.20. The van der Waals surface area contributed by atoms with Crippen molar-refractivity contribution in [1.29, 1.82) is 0 Å². The molecular formula is C21H20N2O4. The predicted octanol–water partition coefficient (Wildman–Crippen LogP) is 2.42. The Hall–Kier alpha value is -3.41. The highest BCUT2D eigenvalue weighted by molar-refractivity contribution is 5.87.